The SMILES string of the molecule is O=C(NCCNCC1(O)CNCCOC1)c1ccccc1Cl. The fraction of sp³-hybridized carbons (Fsp3) is 0.533. The Morgan fingerprint density at radius 2 is 2.23 bits per heavy atom. The molecule has 1 amide bonds. The van der Waals surface area contributed by atoms with Crippen LogP contribution in [0.3, 0.4) is 0 Å². The van der Waals surface area contributed by atoms with E-state index >= 15 is 0 Å². The molecule has 4 N–H and O–H groups in total. The molecular weight excluding hydrogens is 306 g/mol. The maximum absolute atomic E-state index is 11.9. The van der Waals surface area contributed by atoms with E-state index in [1.807, 2.05) is 0 Å². The second kappa shape index (κ2) is 8.45. The molecule has 7 heteroatoms. The molecule has 0 aromatic heterocycles. The highest BCUT2D eigenvalue weighted by atomic mass is 35.5. The van der Waals surface area contributed by atoms with Gasteiger partial charge in [0.2, 0.25) is 0 Å². The Kier molecular flexibility index (Phi) is 6.60. The summed E-state index contributed by atoms with van der Waals surface area (Å²) < 4.78 is 5.34. The van der Waals surface area contributed by atoms with E-state index in [9.17, 15) is 9.90 Å². The van der Waals surface area contributed by atoms with Crippen LogP contribution in [0.1, 0.15) is 10.4 Å². The number of halogens is 1. The summed E-state index contributed by atoms with van der Waals surface area (Å²) >= 11 is 5.96. The molecule has 0 radical (unpaired) electrons. The van der Waals surface area contributed by atoms with Gasteiger partial charge >= 0.3 is 0 Å². The third-order valence-electron chi connectivity index (χ3n) is 3.41. The Morgan fingerprint density at radius 1 is 1.41 bits per heavy atom. The average molecular weight is 328 g/mol. The van der Waals surface area contributed by atoms with Gasteiger partial charge in [0.1, 0.15) is 5.60 Å². The number of nitrogens with one attached hydrogen (secondary N) is 3. The van der Waals surface area contributed by atoms with Crippen molar-refractivity contribution in [1.82, 2.24) is 16.0 Å². The zero-order valence-corrected chi connectivity index (χ0v) is 13.2. The van der Waals surface area contributed by atoms with Crippen molar-refractivity contribution in [2.45, 2.75) is 5.60 Å². The summed E-state index contributed by atoms with van der Waals surface area (Å²) in [5.74, 6) is -0.203. The van der Waals surface area contributed by atoms with Crippen LogP contribution in [0.25, 0.3) is 0 Å². The highest BCUT2D eigenvalue weighted by Crippen LogP contribution is 2.14. The number of hydrogen-bond donors (Lipinski definition) is 4. The van der Waals surface area contributed by atoms with E-state index in [1.54, 1.807) is 24.3 Å². The number of benzene rings is 1. The van der Waals surface area contributed by atoms with Gasteiger partial charge < -0.3 is 25.8 Å². The van der Waals surface area contributed by atoms with E-state index < -0.39 is 5.60 Å². The minimum Gasteiger partial charge on any atom is -0.385 e. The zero-order chi connectivity index (χ0) is 15.8. The largest absolute Gasteiger partial charge is 0.385 e. The Hall–Kier alpha value is -1.18. The molecule has 0 aliphatic carbocycles. The highest BCUT2D eigenvalue weighted by molar-refractivity contribution is 6.33. The van der Waals surface area contributed by atoms with Crippen molar-refractivity contribution in [3.05, 3.63) is 34.9 Å². The molecule has 122 valence electrons. The molecular formula is C15H22ClN3O3. The van der Waals surface area contributed by atoms with Gasteiger partial charge in [0, 0.05) is 32.7 Å². The van der Waals surface area contributed by atoms with Gasteiger partial charge in [0.15, 0.2) is 0 Å². The van der Waals surface area contributed by atoms with Crippen LogP contribution < -0.4 is 16.0 Å². The second-order valence-corrected chi connectivity index (χ2v) is 5.77. The quantitative estimate of drug-likeness (QED) is 0.553. The van der Waals surface area contributed by atoms with Crippen LogP contribution in [0.2, 0.25) is 5.02 Å². The molecule has 1 atom stereocenters. The van der Waals surface area contributed by atoms with Crippen molar-refractivity contribution in [3.8, 4) is 0 Å². The Morgan fingerprint density at radius 3 is 3.05 bits per heavy atom. The van der Waals surface area contributed by atoms with Crippen LogP contribution in [0.4, 0.5) is 0 Å². The van der Waals surface area contributed by atoms with Gasteiger partial charge in [-0.25, -0.2) is 0 Å². The molecule has 0 spiro atoms. The first-order chi connectivity index (χ1) is 10.6. The van der Waals surface area contributed by atoms with Gasteiger partial charge in [0.05, 0.1) is 23.8 Å². The number of β-amino-alcohol motifs (C(OH)–C–C–N with tert-alkyl or cyclic N) is 1. The van der Waals surface area contributed by atoms with Crippen LogP contribution >= 0.6 is 11.6 Å². The summed E-state index contributed by atoms with van der Waals surface area (Å²) in [6.07, 6.45) is 0. The van der Waals surface area contributed by atoms with Crippen LogP contribution in [0, 0.1) is 0 Å². The van der Waals surface area contributed by atoms with Crippen molar-refractivity contribution >= 4 is 17.5 Å². The van der Waals surface area contributed by atoms with Crippen LogP contribution in [0.15, 0.2) is 24.3 Å². The maximum Gasteiger partial charge on any atom is 0.252 e. The monoisotopic (exact) mass is 327 g/mol. The van der Waals surface area contributed by atoms with E-state index in [4.69, 9.17) is 16.3 Å². The fourth-order valence-corrected chi connectivity index (χ4v) is 2.44. The van der Waals surface area contributed by atoms with E-state index in [2.05, 4.69) is 16.0 Å². The zero-order valence-electron chi connectivity index (χ0n) is 12.4. The first kappa shape index (κ1) is 17.2. The summed E-state index contributed by atoms with van der Waals surface area (Å²) in [7, 11) is 0. The molecule has 2 rings (SSSR count). The number of hydrogen-bond acceptors (Lipinski definition) is 5. The molecule has 1 fully saturated rings. The second-order valence-electron chi connectivity index (χ2n) is 5.37. The van der Waals surface area contributed by atoms with E-state index in [0.29, 0.717) is 50.0 Å². The highest BCUT2D eigenvalue weighted by Gasteiger charge is 2.28. The van der Waals surface area contributed by atoms with E-state index in [0.717, 1.165) is 6.54 Å². The van der Waals surface area contributed by atoms with Gasteiger partial charge in [-0.2, -0.15) is 0 Å². The molecule has 1 aromatic carbocycles. The van der Waals surface area contributed by atoms with Gasteiger partial charge in [-0.1, -0.05) is 23.7 Å². The summed E-state index contributed by atoms with van der Waals surface area (Å²) in [6.45, 7) is 3.56. The molecule has 0 saturated carbocycles. The Bertz CT molecular complexity index is 491. The third-order valence-corrected chi connectivity index (χ3v) is 3.74. The van der Waals surface area contributed by atoms with Crippen LogP contribution in [0.5, 0.6) is 0 Å². The molecule has 1 aliphatic heterocycles. The molecule has 1 heterocycles. The number of rotatable bonds is 6. The molecule has 1 aliphatic rings. The standard InChI is InChI=1S/C15H22ClN3O3/c16-13-4-2-1-3-12(13)14(20)19-6-5-17-9-15(21)10-18-7-8-22-11-15/h1-4,17-18,21H,5-11H2,(H,19,20). The predicted molar refractivity (Wildman–Crippen MR) is 85.3 cm³/mol. The van der Waals surface area contributed by atoms with E-state index in [-0.39, 0.29) is 5.91 Å². The molecule has 22 heavy (non-hydrogen) atoms. The summed E-state index contributed by atoms with van der Waals surface area (Å²) in [5.41, 5.74) is -0.451. The number of carbonyl (C=O) groups excluding carboxylic acids is 1. The van der Waals surface area contributed by atoms with Crippen molar-refractivity contribution in [1.29, 1.82) is 0 Å². The first-order valence-electron chi connectivity index (χ1n) is 7.35. The summed E-state index contributed by atoms with van der Waals surface area (Å²) in [4.78, 5) is 11.9. The van der Waals surface area contributed by atoms with Crippen molar-refractivity contribution in [3.63, 3.8) is 0 Å². The lowest BCUT2D eigenvalue weighted by Crippen LogP contribution is -2.51. The summed E-state index contributed by atoms with van der Waals surface area (Å²) in [6, 6.07) is 6.92. The average Bonchev–Trinajstić information content (AvgIpc) is 2.72. The number of aliphatic hydroxyl groups is 1. The van der Waals surface area contributed by atoms with Gasteiger partial charge in [-0.15, -0.1) is 0 Å². The lowest BCUT2D eigenvalue weighted by molar-refractivity contribution is -0.0260. The Labute approximate surface area is 135 Å². The minimum absolute atomic E-state index is 0.203. The van der Waals surface area contributed by atoms with Gasteiger partial charge in [0.25, 0.3) is 5.91 Å². The normalized spacial score (nSPS) is 22.1. The van der Waals surface area contributed by atoms with Gasteiger partial charge in [-0.05, 0) is 12.1 Å². The molecule has 1 aromatic rings. The maximum atomic E-state index is 11.9. The number of amides is 1. The van der Waals surface area contributed by atoms with Crippen molar-refractivity contribution < 1.29 is 14.6 Å². The third kappa shape index (κ3) is 5.23. The number of ether oxygens (including phenoxy) is 1. The minimum atomic E-state index is -0.913. The Balaban J connectivity index is 1.67. The first-order valence-corrected chi connectivity index (χ1v) is 7.73. The van der Waals surface area contributed by atoms with Crippen molar-refractivity contribution in [2.75, 3.05) is 45.9 Å². The van der Waals surface area contributed by atoms with Crippen LogP contribution in [-0.4, -0.2) is 62.6 Å². The smallest absolute Gasteiger partial charge is 0.252 e. The van der Waals surface area contributed by atoms with E-state index in [1.165, 1.54) is 0 Å². The molecule has 6 nitrogen and oxygen atoms in total. The van der Waals surface area contributed by atoms with Crippen molar-refractivity contribution in [2.24, 2.45) is 0 Å². The topological polar surface area (TPSA) is 82.6 Å². The summed E-state index contributed by atoms with van der Waals surface area (Å²) in [5, 5.41) is 19.8. The number of carbonyl (C=O) groups is 1. The fourth-order valence-electron chi connectivity index (χ4n) is 2.22. The predicted octanol–water partition coefficient (Wildman–Crippen LogP) is 0.0103. The van der Waals surface area contributed by atoms with Gasteiger partial charge in [-0.3, -0.25) is 4.79 Å². The molecule has 0 bridgehead atoms. The lowest BCUT2D eigenvalue weighted by Gasteiger charge is -2.26. The lowest BCUT2D eigenvalue weighted by atomic mass is 10.1. The molecule has 1 saturated heterocycles. The van der Waals surface area contributed by atoms with Crippen LogP contribution in [-0.2, 0) is 4.74 Å². The molecule has 1 unspecified atom stereocenters.